The van der Waals surface area contributed by atoms with Crippen LogP contribution in [0.2, 0.25) is 0 Å². The molecule has 0 bridgehead atoms. The molecule has 0 unspecified atom stereocenters. The Labute approximate surface area is 171 Å². The summed E-state index contributed by atoms with van der Waals surface area (Å²) in [7, 11) is 0. The van der Waals surface area contributed by atoms with Crippen molar-refractivity contribution in [3.8, 4) is 11.8 Å². The molecule has 6 nitrogen and oxygen atoms in total. The Balaban J connectivity index is 1.48. The van der Waals surface area contributed by atoms with E-state index in [0.717, 1.165) is 12.6 Å². The molecule has 0 radical (unpaired) electrons. The van der Waals surface area contributed by atoms with Gasteiger partial charge in [-0.15, -0.1) is 0 Å². The van der Waals surface area contributed by atoms with Crippen LogP contribution in [0.1, 0.15) is 33.2 Å². The second kappa shape index (κ2) is 8.53. The molecule has 4 rings (SSSR count). The smallest absolute Gasteiger partial charge is 0.170 e. The highest BCUT2D eigenvalue weighted by Crippen LogP contribution is 2.23. The molecule has 1 aliphatic rings. The number of nitrogens with one attached hydrogen (secondary N) is 1. The summed E-state index contributed by atoms with van der Waals surface area (Å²) in [6.07, 6.45) is 2.40. The van der Waals surface area contributed by atoms with Gasteiger partial charge in [-0.25, -0.2) is 13.5 Å². The van der Waals surface area contributed by atoms with Gasteiger partial charge in [0.2, 0.25) is 0 Å². The van der Waals surface area contributed by atoms with Crippen molar-refractivity contribution in [1.82, 2.24) is 15.1 Å². The number of carbonyl (C=O) groups is 1. The summed E-state index contributed by atoms with van der Waals surface area (Å²) < 4.78 is 35.5. The number of morpholine rings is 1. The fourth-order valence-electron chi connectivity index (χ4n) is 3.36. The van der Waals surface area contributed by atoms with Crippen LogP contribution in [0.15, 0.2) is 48.8 Å². The van der Waals surface area contributed by atoms with Crippen LogP contribution in [0.25, 0.3) is 5.69 Å². The lowest BCUT2D eigenvalue weighted by atomic mass is 10.0. The fourth-order valence-corrected chi connectivity index (χ4v) is 3.36. The normalized spacial score (nSPS) is 16.2. The average molecular weight is 408 g/mol. The molecule has 0 saturated carbocycles. The Kier molecular flexibility index (Phi) is 5.65. The maximum atomic E-state index is 14.5. The molecule has 1 aromatic heterocycles. The Bertz CT molecular complexity index is 1130. The summed E-state index contributed by atoms with van der Waals surface area (Å²) in [4.78, 5) is 12.6. The number of carbonyl (C=O) groups excluding carboxylic acids is 1. The number of Topliss-reactive ketones (excluding diaryl/α,β-unsaturated/α-hetero) is 1. The van der Waals surface area contributed by atoms with Gasteiger partial charge < -0.3 is 10.1 Å². The van der Waals surface area contributed by atoms with Gasteiger partial charge in [0.25, 0.3) is 0 Å². The molecule has 0 spiro atoms. The molecule has 1 N–H and O–H groups in total. The molecular weight excluding hydrogens is 390 g/mol. The van der Waals surface area contributed by atoms with E-state index in [2.05, 4.69) is 10.4 Å². The van der Waals surface area contributed by atoms with Crippen molar-refractivity contribution in [2.45, 2.75) is 12.5 Å². The van der Waals surface area contributed by atoms with Crippen LogP contribution in [0, 0.1) is 23.0 Å². The highest BCUT2D eigenvalue weighted by atomic mass is 19.1. The Hall–Kier alpha value is -3.41. The lowest BCUT2D eigenvalue weighted by Gasteiger charge is -2.24. The minimum absolute atomic E-state index is 0.0114. The summed E-state index contributed by atoms with van der Waals surface area (Å²) in [6.45, 7) is 1.80. The molecule has 0 amide bonds. The molecule has 3 aromatic rings. The molecule has 1 fully saturated rings. The van der Waals surface area contributed by atoms with E-state index in [1.807, 2.05) is 6.07 Å². The zero-order chi connectivity index (χ0) is 21.1. The zero-order valence-electron chi connectivity index (χ0n) is 15.9. The predicted molar refractivity (Wildman–Crippen MR) is 104 cm³/mol. The first-order valence-corrected chi connectivity index (χ1v) is 9.43. The number of nitriles is 1. The topological polar surface area (TPSA) is 79.9 Å². The highest BCUT2D eigenvalue weighted by Gasteiger charge is 2.20. The minimum Gasteiger partial charge on any atom is -0.371 e. The van der Waals surface area contributed by atoms with Gasteiger partial charge in [-0.2, -0.15) is 10.4 Å². The number of hydrogen-bond donors (Lipinski definition) is 1. The van der Waals surface area contributed by atoms with E-state index in [0.29, 0.717) is 24.3 Å². The van der Waals surface area contributed by atoms with Gasteiger partial charge in [-0.05, 0) is 29.8 Å². The molecule has 1 atom stereocenters. The molecule has 8 heteroatoms. The first-order valence-electron chi connectivity index (χ1n) is 9.43. The van der Waals surface area contributed by atoms with Crippen molar-refractivity contribution < 1.29 is 18.3 Å². The van der Waals surface area contributed by atoms with Crippen LogP contribution in [-0.2, 0) is 11.2 Å². The Morgan fingerprint density at radius 2 is 2.13 bits per heavy atom. The van der Waals surface area contributed by atoms with Crippen LogP contribution in [-0.4, -0.2) is 35.3 Å². The van der Waals surface area contributed by atoms with Crippen molar-refractivity contribution in [2.75, 3.05) is 19.7 Å². The average Bonchev–Trinajstić information content (AvgIpc) is 3.24. The van der Waals surface area contributed by atoms with Crippen molar-refractivity contribution >= 4 is 5.78 Å². The highest BCUT2D eigenvalue weighted by molar-refractivity contribution is 5.97. The van der Waals surface area contributed by atoms with Crippen LogP contribution >= 0.6 is 0 Å². The van der Waals surface area contributed by atoms with Crippen molar-refractivity contribution in [1.29, 1.82) is 5.26 Å². The molecule has 152 valence electrons. The maximum Gasteiger partial charge on any atom is 0.170 e. The Morgan fingerprint density at radius 1 is 1.27 bits per heavy atom. The van der Waals surface area contributed by atoms with Crippen LogP contribution < -0.4 is 5.32 Å². The lowest BCUT2D eigenvalue weighted by Crippen LogP contribution is -2.33. The molecule has 30 heavy (non-hydrogen) atoms. The first kappa shape index (κ1) is 19.9. The number of benzene rings is 2. The second-order valence-electron chi connectivity index (χ2n) is 6.97. The van der Waals surface area contributed by atoms with Crippen molar-refractivity contribution in [3.05, 3.63) is 82.7 Å². The largest absolute Gasteiger partial charge is 0.371 e. The molecule has 2 heterocycles. The maximum absolute atomic E-state index is 14.5. The summed E-state index contributed by atoms with van der Waals surface area (Å²) in [5, 5.41) is 16.0. The second-order valence-corrected chi connectivity index (χ2v) is 6.97. The molecule has 2 aromatic carbocycles. The molecule has 1 saturated heterocycles. The minimum atomic E-state index is -0.617. The van der Waals surface area contributed by atoms with Gasteiger partial charge in [0, 0.05) is 31.3 Å². The number of rotatable bonds is 5. The molecular formula is C22H18F2N4O2. The fraction of sp³-hybridized carbons (Fsp3) is 0.227. The number of ketones is 1. The summed E-state index contributed by atoms with van der Waals surface area (Å²) in [5.74, 6) is -1.30. The van der Waals surface area contributed by atoms with E-state index in [9.17, 15) is 13.6 Å². The van der Waals surface area contributed by atoms with Gasteiger partial charge >= 0.3 is 0 Å². The van der Waals surface area contributed by atoms with Crippen molar-refractivity contribution in [3.63, 3.8) is 0 Å². The van der Waals surface area contributed by atoms with E-state index >= 15 is 0 Å². The summed E-state index contributed by atoms with van der Waals surface area (Å²) in [5.41, 5.74) is 1.59. The van der Waals surface area contributed by atoms with Crippen LogP contribution in [0.3, 0.4) is 0 Å². The number of aromatic nitrogens is 2. The Morgan fingerprint density at radius 3 is 2.83 bits per heavy atom. The van der Waals surface area contributed by atoms with E-state index in [4.69, 9.17) is 10.00 Å². The van der Waals surface area contributed by atoms with Gasteiger partial charge in [0.15, 0.2) is 5.78 Å². The van der Waals surface area contributed by atoms with Gasteiger partial charge in [0.1, 0.15) is 17.3 Å². The van der Waals surface area contributed by atoms with Crippen LogP contribution in [0.5, 0.6) is 0 Å². The third-order valence-corrected chi connectivity index (χ3v) is 4.93. The van der Waals surface area contributed by atoms with Crippen LogP contribution in [0.4, 0.5) is 8.78 Å². The zero-order valence-corrected chi connectivity index (χ0v) is 15.9. The van der Waals surface area contributed by atoms with E-state index < -0.39 is 11.6 Å². The first-order chi connectivity index (χ1) is 14.5. The predicted octanol–water partition coefficient (Wildman–Crippen LogP) is 3.11. The van der Waals surface area contributed by atoms with E-state index in [1.165, 1.54) is 35.3 Å². The lowest BCUT2D eigenvalue weighted by molar-refractivity contribution is 0.0255. The molecule has 0 aliphatic carbocycles. The number of halogens is 2. The SMILES string of the molecule is N#Cc1ccc(-n2cc(C(=O)Cc3ccc([C@H]4CNCCO4)c(F)c3)cn2)c(F)c1. The number of nitrogens with zero attached hydrogens (tertiary/aromatic N) is 3. The third-order valence-electron chi connectivity index (χ3n) is 4.93. The van der Waals surface area contributed by atoms with E-state index in [1.54, 1.807) is 12.1 Å². The van der Waals surface area contributed by atoms with Gasteiger partial charge in [0.05, 0.1) is 36.1 Å². The number of ether oxygens (including phenoxy) is 1. The summed E-state index contributed by atoms with van der Waals surface area (Å²) >= 11 is 0. The summed E-state index contributed by atoms with van der Waals surface area (Å²) in [6, 6.07) is 10.6. The van der Waals surface area contributed by atoms with E-state index in [-0.39, 0.29) is 35.1 Å². The number of hydrogen-bond acceptors (Lipinski definition) is 5. The quantitative estimate of drug-likeness (QED) is 0.657. The molecule has 1 aliphatic heterocycles. The standard InChI is InChI=1S/C22H18F2N4O2/c23-18-7-14(1-3-17(18)22-12-26-5-6-30-22)9-21(29)16-11-27-28(13-16)20-4-2-15(10-25)8-19(20)24/h1-4,7-8,11,13,22,26H,5-6,9,12H2/t22-/m1/s1. The monoisotopic (exact) mass is 408 g/mol. The third kappa shape index (κ3) is 4.13. The van der Waals surface area contributed by atoms with Gasteiger partial charge in [-0.3, -0.25) is 4.79 Å². The van der Waals surface area contributed by atoms with Crippen molar-refractivity contribution in [2.24, 2.45) is 0 Å². The van der Waals surface area contributed by atoms with Gasteiger partial charge in [-0.1, -0.05) is 12.1 Å².